The molecule has 1 aromatic carbocycles. The third kappa shape index (κ3) is 5.53. The van der Waals surface area contributed by atoms with Crippen molar-refractivity contribution in [3.05, 3.63) is 23.8 Å². The van der Waals surface area contributed by atoms with Gasteiger partial charge in [-0.15, -0.1) is 0 Å². The summed E-state index contributed by atoms with van der Waals surface area (Å²) in [5, 5.41) is 6.63. The Hall–Kier alpha value is -2.44. The van der Waals surface area contributed by atoms with Gasteiger partial charge in [-0.2, -0.15) is 0 Å². The van der Waals surface area contributed by atoms with E-state index >= 15 is 0 Å². The maximum Gasteiger partial charge on any atom is 0.307 e. The van der Waals surface area contributed by atoms with Crippen molar-refractivity contribution in [3.63, 3.8) is 0 Å². The lowest BCUT2D eigenvalue weighted by molar-refractivity contribution is -0.140. The number of methoxy groups -OCH3 is 3. The van der Waals surface area contributed by atoms with Crippen molar-refractivity contribution in [1.82, 2.24) is 10.6 Å². The smallest absolute Gasteiger partial charge is 0.307 e. The normalized spacial score (nSPS) is 16.2. The van der Waals surface area contributed by atoms with Crippen LogP contribution in [0.5, 0.6) is 11.5 Å². The summed E-state index contributed by atoms with van der Waals surface area (Å²) in [6.45, 7) is 1.25. The predicted octanol–water partition coefficient (Wildman–Crippen LogP) is 2.63. The first kappa shape index (κ1) is 21.9. The van der Waals surface area contributed by atoms with Crippen molar-refractivity contribution in [3.8, 4) is 11.5 Å². The summed E-state index contributed by atoms with van der Waals surface area (Å²) >= 11 is 0. The van der Waals surface area contributed by atoms with Crippen molar-refractivity contribution >= 4 is 11.9 Å². The highest BCUT2D eigenvalue weighted by molar-refractivity contribution is 5.80. The summed E-state index contributed by atoms with van der Waals surface area (Å²) in [4.78, 5) is 15.6. The van der Waals surface area contributed by atoms with E-state index in [1.165, 1.54) is 31.9 Å². The van der Waals surface area contributed by atoms with Gasteiger partial charge in [-0.05, 0) is 30.5 Å². The van der Waals surface area contributed by atoms with Gasteiger partial charge in [0.15, 0.2) is 17.5 Å². The van der Waals surface area contributed by atoms with E-state index in [4.69, 9.17) is 9.47 Å². The molecule has 0 saturated heterocycles. The van der Waals surface area contributed by atoms with Crippen LogP contribution >= 0.6 is 0 Å². The van der Waals surface area contributed by atoms with Crippen molar-refractivity contribution < 1.29 is 19.0 Å². The average Bonchev–Trinajstić information content (AvgIpc) is 2.75. The molecule has 0 spiro atoms. The molecule has 0 heterocycles. The Kier molecular flexibility index (Phi) is 8.42. The van der Waals surface area contributed by atoms with E-state index in [1.807, 2.05) is 6.07 Å². The molecule has 156 valence electrons. The number of esters is 1. The van der Waals surface area contributed by atoms with Crippen LogP contribution < -0.4 is 20.1 Å². The first-order valence-corrected chi connectivity index (χ1v) is 9.82. The molecule has 7 heteroatoms. The molecular weight excluding hydrogens is 358 g/mol. The maximum atomic E-state index is 11.3. The van der Waals surface area contributed by atoms with E-state index in [2.05, 4.69) is 32.5 Å². The van der Waals surface area contributed by atoms with Crippen LogP contribution in [0.2, 0.25) is 0 Å². The van der Waals surface area contributed by atoms with Crippen molar-refractivity contribution in [2.75, 3.05) is 41.5 Å². The summed E-state index contributed by atoms with van der Waals surface area (Å²) in [5.74, 6) is 1.95. The zero-order valence-corrected chi connectivity index (χ0v) is 17.5. The molecule has 0 atom stereocenters. The molecule has 0 unspecified atom stereocenters. The molecule has 0 aliphatic heterocycles. The highest BCUT2D eigenvalue weighted by atomic mass is 16.5. The molecule has 2 rings (SSSR count). The van der Waals surface area contributed by atoms with Gasteiger partial charge in [-0.25, -0.2) is 0 Å². The molecule has 0 amide bonds. The Labute approximate surface area is 167 Å². The molecule has 0 bridgehead atoms. The quantitative estimate of drug-likeness (QED) is 0.403. The van der Waals surface area contributed by atoms with Crippen LogP contribution in [-0.2, 0) is 14.9 Å². The second-order valence-electron chi connectivity index (χ2n) is 7.09. The van der Waals surface area contributed by atoms with E-state index in [1.54, 1.807) is 21.3 Å². The van der Waals surface area contributed by atoms with E-state index in [9.17, 15) is 4.79 Å². The summed E-state index contributed by atoms with van der Waals surface area (Å²) in [6, 6.07) is 6.22. The highest BCUT2D eigenvalue weighted by Gasteiger charge is 2.34. The molecule has 1 fully saturated rings. The van der Waals surface area contributed by atoms with Crippen LogP contribution in [0.4, 0.5) is 0 Å². The zero-order chi connectivity index (χ0) is 20.4. The van der Waals surface area contributed by atoms with Crippen LogP contribution in [0.1, 0.15) is 44.1 Å². The highest BCUT2D eigenvalue weighted by Crippen LogP contribution is 2.42. The van der Waals surface area contributed by atoms with Crippen molar-refractivity contribution in [1.29, 1.82) is 0 Å². The molecule has 0 radical (unpaired) electrons. The lowest BCUT2D eigenvalue weighted by atomic mass is 9.69. The molecular formula is C21H33N3O4. The fourth-order valence-electron chi connectivity index (χ4n) is 3.82. The Balaban J connectivity index is 2.11. The molecule has 1 aromatic rings. The summed E-state index contributed by atoms with van der Waals surface area (Å²) in [5.41, 5.74) is 1.26. The molecule has 1 saturated carbocycles. The number of carbonyl (C=O) groups is 1. The lowest BCUT2D eigenvalue weighted by Crippen LogP contribution is -2.47. The van der Waals surface area contributed by atoms with Gasteiger partial charge in [0.2, 0.25) is 0 Å². The molecule has 28 heavy (non-hydrogen) atoms. The summed E-state index contributed by atoms with van der Waals surface area (Å²) in [6.07, 6.45) is 6.18. The van der Waals surface area contributed by atoms with Gasteiger partial charge >= 0.3 is 5.97 Å². The Bertz CT molecular complexity index is 670. The minimum Gasteiger partial charge on any atom is -0.493 e. The SMILES string of the molecule is CN=C(NCCC(=O)OC)NCC1(c2ccc(OC)c(OC)c2)CCCCC1. The van der Waals surface area contributed by atoms with Crippen LogP contribution in [0.25, 0.3) is 0 Å². The Morgan fingerprint density at radius 3 is 2.39 bits per heavy atom. The fraction of sp³-hybridized carbons (Fsp3) is 0.619. The topological polar surface area (TPSA) is 81.2 Å². The Morgan fingerprint density at radius 1 is 1.07 bits per heavy atom. The van der Waals surface area contributed by atoms with Gasteiger partial charge in [0.1, 0.15) is 0 Å². The number of hydrogen-bond donors (Lipinski definition) is 2. The van der Waals surface area contributed by atoms with Crippen LogP contribution in [0.15, 0.2) is 23.2 Å². The van der Waals surface area contributed by atoms with Crippen molar-refractivity contribution in [2.45, 2.75) is 43.9 Å². The molecule has 1 aliphatic carbocycles. The first-order valence-electron chi connectivity index (χ1n) is 9.82. The van der Waals surface area contributed by atoms with E-state index in [-0.39, 0.29) is 11.4 Å². The number of nitrogens with zero attached hydrogens (tertiary/aromatic N) is 1. The van der Waals surface area contributed by atoms with Gasteiger partial charge in [0.25, 0.3) is 0 Å². The standard InChI is InChI=1S/C21H33N3O4/c1-22-20(23-13-10-19(25)28-4)24-15-21(11-6-5-7-12-21)16-8-9-17(26-2)18(14-16)27-3/h8-9,14H,5-7,10-13,15H2,1-4H3,(H2,22,23,24). The second kappa shape index (κ2) is 10.8. The monoisotopic (exact) mass is 391 g/mol. The van der Waals surface area contributed by atoms with Crippen LogP contribution in [-0.4, -0.2) is 53.4 Å². The number of benzene rings is 1. The number of aliphatic imine (C=N–C) groups is 1. The number of ether oxygens (including phenoxy) is 3. The van der Waals surface area contributed by atoms with Gasteiger partial charge in [-0.3, -0.25) is 9.79 Å². The second-order valence-corrected chi connectivity index (χ2v) is 7.09. The fourth-order valence-corrected chi connectivity index (χ4v) is 3.82. The number of nitrogens with one attached hydrogen (secondary N) is 2. The molecule has 2 N–H and O–H groups in total. The minimum atomic E-state index is -0.239. The van der Waals surface area contributed by atoms with Crippen molar-refractivity contribution in [2.24, 2.45) is 4.99 Å². The minimum absolute atomic E-state index is 0.0117. The third-order valence-electron chi connectivity index (χ3n) is 5.47. The number of hydrogen-bond acceptors (Lipinski definition) is 5. The maximum absolute atomic E-state index is 11.3. The number of carbonyl (C=O) groups excluding carboxylic acids is 1. The van der Waals surface area contributed by atoms with Gasteiger partial charge < -0.3 is 24.8 Å². The largest absolute Gasteiger partial charge is 0.493 e. The number of guanidine groups is 1. The zero-order valence-electron chi connectivity index (χ0n) is 17.5. The predicted molar refractivity (Wildman–Crippen MR) is 110 cm³/mol. The summed E-state index contributed by atoms with van der Waals surface area (Å²) in [7, 11) is 6.45. The van der Waals surface area contributed by atoms with Gasteiger partial charge in [0.05, 0.1) is 27.8 Å². The van der Waals surface area contributed by atoms with Crippen LogP contribution in [0, 0.1) is 0 Å². The van der Waals surface area contributed by atoms with Gasteiger partial charge in [0, 0.05) is 25.6 Å². The van der Waals surface area contributed by atoms with Gasteiger partial charge in [-0.1, -0.05) is 25.3 Å². The number of rotatable bonds is 8. The molecule has 1 aliphatic rings. The molecule has 0 aromatic heterocycles. The Morgan fingerprint density at radius 2 is 1.79 bits per heavy atom. The summed E-state index contributed by atoms with van der Waals surface area (Å²) < 4.78 is 15.6. The van der Waals surface area contributed by atoms with E-state index < -0.39 is 0 Å². The molecule has 7 nitrogen and oxygen atoms in total. The third-order valence-corrected chi connectivity index (χ3v) is 5.47. The van der Waals surface area contributed by atoms with E-state index in [0.29, 0.717) is 18.9 Å². The average molecular weight is 392 g/mol. The van der Waals surface area contributed by atoms with E-state index in [0.717, 1.165) is 30.9 Å². The lowest BCUT2D eigenvalue weighted by Gasteiger charge is -2.38. The first-order chi connectivity index (χ1) is 13.6. The van der Waals surface area contributed by atoms with Crippen LogP contribution in [0.3, 0.4) is 0 Å².